The molecule has 1 aromatic heterocycles. The van der Waals surface area contributed by atoms with Crippen LogP contribution in [0.3, 0.4) is 0 Å². The van der Waals surface area contributed by atoms with Crippen molar-refractivity contribution in [3.8, 4) is 0 Å². The molecule has 0 spiro atoms. The van der Waals surface area contributed by atoms with Crippen molar-refractivity contribution < 1.29 is 9.53 Å². The number of aryl methyl sites for hydroxylation is 1. The van der Waals surface area contributed by atoms with Crippen LogP contribution < -0.4 is 0 Å². The van der Waals surface area contributed by atoms with E-state index in [1.807, 2.05) is 33.8 Å². The molecule has 6 heteroatoms. The number of fused-ring (bicyclic) bond motifs is 1. The normalized spacial score (nSPS) is 13.7. The number of hydrogen-bond donors (Lipinski definition) is 0. The maximum absolute atomic E-state index is 12.1. The lowest BCUT2D eigenvalue weighted by molar-refractivity contribution is -0.138. The molecule has 1 atom stereocenters. The fourth-order valence-corrected chi connectivity index (χ4v) is 4.02. The summed E-state index contributed by atoms with van der Waals surface area (Å²) in [6, 6.07) is 1.94. The Labute approximate surface area is 141 Å². The summed E-state index contributed by atoms with van der Waals surface area (Å²) in [5.74, 6) is -0.0575. The summed E-state index contributed by atoms with van der Waals surface area (Å²) in [4.78, 5) is 16.4. The summed E-state index contributed by atoms with van der Waals surface area (Å²) in [5.41, 5.74) is 2.05. The van der Waals surface area contributed by atoms with E-state index in [-0.39, 0.29) is 5.78 Å². The Kier molecular flexibility index (Phi) is 4.78. The monoisotopic (exact) mass is 389 g/mol. The highest BCUT2D eigenvalue weighted by Gasteiger charge is 2.29. The first-order valence-electron chi connectivity index (χ1n) is 6.53. The first-order chi connectivity index (χ1) is 9.60. The highest BCUT2D eigenvalue weighted by atomic mass is 79.9. The maximum Gasteiger partial charge on any atom is 0.163 e. The number of hydrogen-bond acceptors (Lipinski definition) is 4. The molecule has 0 N–H and O–H groups in total. The van der Waals surface area contributed by atoms with E-state index >= 15 is 0 Å². The van der Waals surface area contributed by atoms with Gasteiger partial charge in [0.15, 0.2) is 9.70 Å². The van der Waals surface area contributed by atoms with E-state index < -0.39 is 11.7 Å². The van der Waals surface area contributed by atoms with Gasteiger partial charge in [0, 0.05) is 5.56 Å². The van der Waals surface area contributed by atoms with E-state index in [2.05, 4.69) is 20.9 Å². The van der Waals surface area contributed by atoms with Gasteiger partial charge in [-0.15, -0.1) is 11.3 Å². The van der Waals surface area contributed by atoms with Crippen LogP contribution in [-0.2, 0) is 9.53 Å². The van der Waals surface area contributed by atoms with Crippen LogP contribution in [0.1, 0.15) is 44.9 Å². The second kappa shape index (κ2) is 5.95. The van der Waals surface area contributed by atoms with Crippen molar-refractivity contribution in [2.24, 2.45) is 0 Å². The first-order valence-corrected chi connectivity index (χ1v) is 8.52. The molecule has 2 rings (SSSR count). The lowest BCUT2D eigenvalue weighted by Crippen LogP contribution is -2.27. The van der Waals surface area contributed by atoms with E-state index in [1.165, 1.54) is 18.3 Å². The van der Waals surface area contributed by atoms with Crippen LogP contribution >= 0.6 is 38.9 Å². The Morgan fingerprint density at radius 2 is 2.10 bits per heavy atom. The third-order valence-corrected chi connectivity index (χ3v) is 4.99. The molecule has 2 aromatic rings. The molecule has 0 amide bonds. The summed E-state index contributed by atoms with van der Waals surface area (Å²) in [5, 5.41) is 0.553. The van der Waals surface area contributed by atoms with Crippen molar-refractivity contribution in [2.45, 2.75) is 46.3 Å². The summed E-state index contributed by atoms with van der Waals surface area (Å²) in [6.45, 7) is 9.23. The second-order valence-corrected chi connectivity index (χ2v) is 8.61. The molecule has 3 nitrogen and oxygen atoms in total. The number of thiazole rings is 1. The third kappa shape index (κ3) is 3.65. The van der Waals surface area contributed by atoms with Crippen molar-refractivity contribution in [1.29, 1.82) is 0 Å². The van der Waals surface area contributed by atoms with E-state index in [0.29, 0.717) is 5.02 Å². The number of carbonyl (C=O) groups excluding carboxylic acids is 1. The van der Waals surface area contributed by atoms with Gasteiger partial charge in [0.05, 0.1) is 20.8 Å². The molecule has 0 fully saturated rings. The second-order valence-electron chi connectivity index (χ2n) is 5.96. The molecular weight excluding hydrogens is 374 g/mol. The van der Waals surface area contributed by atoms with Gasteiger partial charge in [0.1, 0.15) is 6.10 Å². The van der Waals surface area contributed by atoms with E-state index in [0.717, 1.165) is 25.3 Å². The Bertz CT molecular complexity index is 706. The number of benzene rings is 1. The molecular formula is C15H17BrClNO2S. The highest BCUT2D eigenvalue weighted by Crippen LogP contribution is 2.40. The summed E-state index contributed by atoms with van der Waals surface area (Å²) in [6.07, 6.45) is -0.664. The van der Waals surface area contributed by atoms with Gasteiger partial charge in [-0.3, -0.25) is 4.79 Å². The summed E-state index contributed by atoms with van der Waals surface area (Å²) < 4.78 is 7.58. The van der Waals surface area contributed by atoms with Crippen molar-refractivity contribution in [3.63, 3.8) is 0 Å². The molecule has 0 saturated heterocycles. The summed E-state index contributed by atoms with van der Waals surface area (Å²) in [7, 11) is 0. The number of rotatable bonds is 3. The molecule has 21 heavy (non-hydrogen) atoms. The van der Waals surface area contributed by atoms with Crippen molar-refractivity contribution in [1.82, 2.24) is 4.98 Å². The standard InChI is InChI=1S/C15H17BrClNO2S/c1-7-6-9-13(21-14(16)18-9)11(17)10(7)12(8(2)19)20-15(3,4)5/h6,12H,1-5H3/t12-/m1/s1. The summed E-state index contributed by atoms with van der Waals surface area (Å²) >= 11 is 11.4. The minimum Gasteiger partial charge on any atom is -0.360 e. The fourth-order valence-electron chi connectivity index (χ4n) is 2.16. The Morgan fingerprint density at radius 3 is 2.62 bits per heavy atom. The lowest BCUT2D eigenvalue weighted by atomic mass is 9.99. The van der Waals surface area contributed by atoms with Crippen molar-refractivity contribution in [3.05, 3.63) is 26.1 Å². The van der Waals surface area contributed by atoms with E-state index in [9.17, 15) is 4.79 Å². The van der Waals surface area contributed by atoms with Crippen LogP contribution in [0.4, 0.5) is 0 Å². The molecule has 0 aliphatic carbocycles. The Hall–Kier alpha value is -0.490. The zero-order chi connectivity index (χ0) is 15.9. The molecule has 0 radical (unpaired) electrons. The Morgan fingerprint density at radius 1 is 1.48 bits per heavy atom. The van der Waals surface area contributed by atoms with Crippen LogP contribution in [0.15, 0.2) is 9.98 Å². The number of ketones is 1. The minimum absolute atomic E-state index is 0.0575. The fraction of sp³-hybridized carbons (Fsp3) is 0.467. The van der Waals surface area contributed by atoms with Crippen LogP contribution in [0.2, 0.25) is 5.02 Å². The van der Waals surface area contributed by atoms with Crippen LogP contribution in [0.25, 0.3) is 10.2 Å². The van der Waals surface area contributed by atoms with Crippen molar-refractivity contribution in [2.75, 3.05) is 0 Å². The maximum atomic E-state index is 12.1. The van der Waals surface area contributed by atoms with Gasteiger partial charge in [0.2, 0.25) is 0 Å². The van der Waals surface area contributed by atoms with Crippen LogP contribution in [-0.4, -0.2) is 16.4 Å². The molecule has 1 aromatic carbocycles. The number of aromatic nitrogens is 1. The average molecular weight is 391 g/mol. The van der Waals surface area contributed by atoms with Gasteiger partial charge in [0.25, 0.3) is 0 Å². The number of halogens is 2. The average Bonchev–Trinajstić information content (AvgIpc) is 2.66. The molecule has 0 saturated carbocycles. The van der Waals surface area contributed by atoms with Gasteiger partial charge in [-0.2, -0.15) is 0 Å². The highest BCUT2D eigenvalue weighted by molar-refractivity contribution is 9.11. The van der Waals surface area contributed by atoms with Gasteiger partial charge >= 0.3 is 0 Å². The molecule has 0 aliphatic heterocycles. The van der Waals surface area contributed by atoms with Crippen LogP contribution in [0.5, 0.6) is 0 Å². The first kappa shape index (κ1) is 16.9. The zero-order valence-electron chi connectivity index (χ0n) is 12.6. The van der Waals surface area contributed by atoms with E-state index in [1.54, 1.807) is 0 Å². The quantitative estimate of drug-likeness (QED) is 0.698. The van der Waals surface area contributed by atoms with Gasteiger partial charge in [-0.05, 0) is 62.2 Å². The zero-order valence-corrected chi connectivity index (χ0v) is 15.7. The molecule has 1 heterocycles. The molecule has 0 unspecified atom stereocenters. The minimum atomic E-state index is -0.664. The third-order valence-electron chi connectivity index (χ3n) is 2.94. The van der Waals surface area contributed by atoms with E-state index in [4.69, 9.17) is 16.3 Å². The van der Waals surface area contributed by atoms with Gasteiger partial charge in [-0.25, -0.2) is 4.98 Å². The van der Waals surface area contributed by atoms with Crippen LogP contribution in [0, 0.1) is 6.92 Å². The van der Waals surface area contributed by atoms with Gasteiger partial charge < -0.3 is 4.74 Å². The SMILES string of the molecule is CC(=O)[C@@H](OC(C)(C)C)c1c(C)cc2nc(Br)sc2c1Cl. The lowest BCUT2D eigenvalue weighted by Gasteiger charge is -2.27. The number of carbonyl (C=O) groups is 1. The molecule has 114 valence electrons. The number of ether oxygens (including phenoxy) is 1. The largest absolute Gasteiger partial charge is 0.360 e. The predicted octanol–water partition coefficient (Wildman–Crippen LogP) is 5.47. The topological polar surface area (TPSA) is 39.2 Å². The number of Topliss-reactive ketones (excluding diaryl/α,β-unsaturated/α-hetero) is 1. The molecule has 0 aliphatic rings. The van der Waals surface area contributed by atoms with Crippen molar-refractivity contribution >= 4 is 54.9 Å². The Balaban J connectivity index is 2.64. The molecule has 0 bridgehead atoms. The number of nitrogens with zero attached hydrogens (tertiary/aromatic N) is 1. The predicted molar refractivity (Wildman–Crippen MR) is 91.3 cm³/mol. The smallest absolute Gasteiger partial charge is 0.163 e. The van der Waals surface area contributed by atoms with Gasteiger partial charge in [-0.1, -0.05) is 11.6 Å².